The molecule has 1 atom stereocenters. The highest BCUT2D eigenvalue weighted by Gasteiger charge is 2.26. The van der Waals surface area contributed by atoms with Crippen LogP contribution in [0.5, 0.6) is 5.75 Å². The Morgan fingerprint density at radius 3 is 2.48 bits per heavy atom. The van der Waals surface area contributed by atoms with Crippen molar-refractivity contribution in [3.8, 4) is 17.1 Å². The van der Waals surface area contributed by atoms with Crippen molar-refractivity contribution in [3.05, 3.63) is 90.2 Å². The second kappa shape index (κ2) is 10.3. The van der Waals surface area contributed by atoms with Crippen LogP contribution >= 0.6 is 11.8 Å². The van der Waals surface area contributed by atoms with E-state index in [0.717, 1.165) is 5.56 Å². The Bertz CT molecular complexity index is 1250. The first kappa shape index (κ1) is 22.5. The number of nitrogens with zero attached hydrogens (tertiary/aromatic N) is 3. The number of amides is 1. The largest absolute Gasteiger partial charge is 0.492 e. The summed E-state index contributed by atoms with van der Waals surface area (Å²) in [6, 6.07) is 23.1. The number of halogens is 1. The standard InChI is InChI=1S/C25H23FN4O2S/c1-3-32-21-16-10-9-15-20(21)27-24(31)22(17-11-5-4-6-12-17)33-25-29-28-23(30(25)2)18-13-7-8-14-19(18)26/h4-16,22H,3H2,1-2H3,(H,27,31). The number of ether oxygens (including phenoxy) is 1. The molecule has 1 aromatic heterocycles. The van der Waals surface area contributed by atoms with E-state index >= 15 is 0 Å². The van der Waals surface area contributed by atoms with Gasteiger partial charge in [0, 0.05) is 7.05 Å². The molecule has 0 spiro atoms. The van der Waals surface area contributed by atoms with Crippen LogP contribution in [0, 0.1) is 5.82 Å². The zero-order chi connectivity index (χ0) is 23.2. The summed E-state index contributed by atoms with van der Waals surface area (Å²) in [5.41, 5.74) is 1.76. The van der Waals surface area contributed by atoms with Gasteiger partial charge in [-0.15, -0.1) is 10.2 Å². The summed E-state index contributed by atoms with van der Waals surface area (Å²) < 4.78 is 21.6. The molecule has 0 bridgehead atoms. The Morgan fingerprint density at radius 2 is 1.73 bits per heavy atom. The minimum absolute atomic E-state index is 0.228. The van der Waals surface area contributed by atoms with Gasteiger partial charge in [-0.2, -0.15) is 0 Å². The van der Waals surface area contributed by atoms with Crippen LogP contribution in [0.1, 0.15) is 17.7 Å². The van der Waals surface area contributed by atoms with Gasteiger partial charge in [-0.25, -0.2) is 4.39 Å². The summed E-state index contributed by atoms with van der Waals surface area (Å²) in [7, 11) is 1.76. The van der Waals surface area contributed by atoms with Gasteiger partial charge in [-0.3, -0.25) is 4.79 Å². The van der Waals surface area contributed by atoms with Gasteiger partial charge in [0.05, 0.1) is 17.9 Å². The third-order valence-electron chi connectivity index (χ3n) is 4.96. The zero-order valence-electron chi connectivity index (χ0n) is 18.2. The number of hydrogen-bond acceptors (Lipinski definition) is 5. The molecule has 168 valence electrons. The normalized spacial score (nSPS) is 11.7. The topological polar surface area (TPSA) is 69.0 Å². The van der Waals surface area contributed by atoms with E-state index in [4.69, 9.17) is 4.74 Å². The van der Waals surface area contributed by atoms with Gasteiger partial charge in [0.1, 0.15) is 16.8 Å². The first-order valence-corrected chi connectivity index (χ1v) is 11.3. The smallest absolute Gasteiger partial charge is 0.242 e. The highest BCUT2D eigenvalue weighted by atomic mass is 32.2. The molecule has 3 aromatic carbocycles. The number of anilines is 1. The van der Waals surface area contributed by atoms with Gasteiger partial charge in [0.2, 0.25) is 5.91 Å². The number of benzene rings is 3. The second-order valence-corrected chi connectivity index (χ2v) is 8.24. The highest BCUT2D eigenvalue weighted by molar-refractivity contribution is 8.00. The molecule has 0 aliphatic rings. The average molecular weight is 463 g/mol. The lowest BCUT2D eigenvalue weighted by Gasteiger charge is -2.18. The lowest BCUT2D eigenvalue weighted by atomic mass is 10.1. The molecule has 0 fully saturated rings. The summed E-state index contributed by atoms with van der Waals surface area (Å²) >= 11 is 1.25. The van der Waals surface area contributed by atoms with Crippen molar-refractivity contribution in [2.24, 2.45) is 7.05 Å². The molecule has 0 saturated heterocycles. The Kier molecular flexibility index (Phi) is 7.04. The lowest BCUT2D eigenvalue weighted by Crippen LogP contribution is -2.20. The van der Waals surface area contributed by atoms with E-state index in [1.165, 1.54) is 17.8 Å². The summed E-state index contributed by atoms with van der Waals surface area (Å²) in [6.07, 6.45) is 0. The third-order valence-corrected chi connectivity index (χ3v) is 6.25. The first-order chi connectivity index (χ1) is 16.1. The highest BCUT2D eigenvalue weighted by Crippen LogP contribution is 2.37. The predicted molar refractivity (Wildman–Crippen MR) is 128 cm³/mol. The van der Waals surface area contributed by atoms with Gasteiger partial charge in [0.15, 0.2) is 11.0 Å². The van der Waals surface area contributed by atoms with E-state index < -0.39 is 5.25 Å². The van der Waals surface area contributed by atoms with Crippen molar-refractivity contribution in [1.82, 2.24) is 14.8 Å². The Labute approximate surface area is 195 Å². The van der Waals surface area contributed by atoms with Gasteiger partial charge in [-0.1, -0.05) is 66.4 Å². The average Bonchev–Trinajstić information content (AvgIpc) is 3.19. The molecule has 33 heavy (non-hydrogen) atoms. The molecule has 1 N–H and O–H groups in total. The molecule has 1 heterocycles. The van der Waals surface area contributed by atoms with Crippen LogP contribution in [-0.4, -0.2) is 27.3 Å². The molecule has 8 heteroatoms. The van der Waals surface area contributed by atoms with E-state index in [1.807, 2.05) is 55.5 Å². The number of para-hydroxylation sites is 2. The third kappa shape index (κ3) is 5.06. The van der Waals surface area contributed by atoms with Crippen molar-refractivity contribution in [2.45, 2.75) is 17.3 Å². The molecule has 4 aromatic rings. The summed E-state index contributed by atoms with van der Waals surface area (Å²) in [5.74, 6) is 0.387. The Morgan fingerprint density at radius 1 is 1.03 bits per heavy atom. The van der Waals surface area contributed by atoms with Crippen molar-refractivity contribution in [3.63, 3.8) is 0 Å². The quantitative estimate of drug-likeness (QED) is 0.351. The molecular formula is C25H23FN4O2S. The van der Waals surface area contributed by atoms with Crippen LogP contribution in [0.15, 0.2) is 84.0 Å². The van der Waals surface area contributed by atoms with Crippen LogP contribution < -0.4 is 10.1 Å². The minimum atomic E-state index is -0.614. The van der Waals surface area contributed by atoms with Gasteiger partial charge < -0.3 is 14.6 Å². The van der Waals surface area contributed by atoms with E-state index in [2.05, 4.69) is 15.5 Å². The monoisotopic (exact) mass is 462 g/mol. The fraction of sp³-hybridized carbons (Fsp3) is 0.160. The van der Waals surface area contributed by atoms with Crippen LogP contribution in [0.25, 0.3) is 11.4 Å². The van der Waals surface area contributed by atoms with Gasteiger partial charge in [0.25, 0.3) is 0 Å². The van der Waals surface area contributed by atoms with Crippen molar-refractivity contribution in [2.75, 3.05) is 11.9 Å². The van der Waals surface area contributed by atoms with E-state index in [9.17, 15) is 9.18 Å². The number of carbonyl (C=O) groups is 1. The van der Waals surface area contributed by atoms with Crippen LogP contribution in [0.4, 0.5) is 10.1 Å². The summed E-state index contributed by atoms with van der Waals surface area (Å²) in [5, 5.41) is 11.3. The van der Waals surface area contributed by atoms with E-state index in [1.54, 1.807) is 35.9 Å². The van der Waals surface area contributed by atoms with Crippen LogP contribution in [0.3, 0.4) is 0 Å². The number of hydrogen-bond donors (Lipinski definition) is 1. The van der Waals surface area contributed by atoms with Crippen molar-refractivity contribution >= 4 is 23.4 Å². The molecular weight excluding hydrogens is 439 g/mol. The Balaban J connectivity index is 1.65. The molecule has 1 unspecified atom stereocenters. The zero-order valence-corrected chi connectivity index (χ0v) is 19.1. The van der Waals surface area contributed by atoms with Crippen molar-refractivity contribution in [1.29, 1.82) is 0 Å². The summed E-state index contributed by atoms with van der Waals surface area (Å²) in [6.45, 7) is 2.38. The fourth-order valence-corrected chi connectivity index (χ4v) is 4.35. The summed E-state index contributed by atoms with van der Waals surface area (Å²) in [4.78, 5) is 13.4. The molecule has 6 nitrogen and oxygen atoms in total. The predicted octanol–water partition coefficient (Wildman–Crippen LogP) is 5.49. The number of thioether (sulfide) groups is 1. The molecule has 0 saturated carbocycles. The number of aromatic nitrogens is 3. The van der Waals surface area contributed by atoms with Crippen LogP contribution in [-0.2, 0) is 11.8 Å². The minimum Gasteiger partial charge on any atom is -0.492 e. The lowest BCUT2D eigenvalue weighted by molar-refractivity contribution is -0.115. The van der Waals surface area contributed by atoms with E-state index in [-0.39, 0.29) is 11.7 Å². The number of carbonyl (C=O) groups excluding carboxylic acids is 1. The maximum Gasteiger partial charge on any atom is 0.242 e. The maximum atomic E-state index is 14.3. The Hall–Kier alpha value is -3.65. The first-order valence-electron chi connectivity index (χ1n) is 10.5. The molecule has 1 amide bonds. The fourth-order valence-electron chi connectivity index (χ4n) is 3.35. The molecule has 0 aliphatic carbocycles. The van der Waals surface area contributed by atoms with Crippen molar-refractivity contribution < 1.29 is 13.9 Å². The number of rotatable bonds is 8. The van der Waals surface area contributed by atoms with Crippen LogP contribution in [0.2, 0.25) is 0 Å². The second-order valence-electron chi connectivity index (χ2n) is 7.17. The molecule has 0 radical (unpaired) electrons. The number of nitrogens with one attached hydrogen (secondary N) is 1. The maximum absolute atomic E-state index is 14.3. The SMILES string of the molecule is CCOc1ccccc1NC(=O)C(Sc1nnc(-c2ccccc2F)n1C)c1ccccc1. The molecule has 4 rings (SSSR count). The van der Waals surface area contributed by atoms with Gasteiger partial charge >= 0.3 is 0 Å². The molecule has 0 aliphatic heterocycles. The van der Waals surface area contributed by atoms with Gasteiger partial charge in [-0.05, 0) is 36.8 Å². The van der Waals surface area contributed by atoms with E-state index in [0.29, 0.717) is 34.6 Å².